The molecular weight excluding hydrogens is 376 g/mol. The van der Waals surface area contributed by atoms with E-state index in [1.54, 1.807) is 19.1 Å². The summed E-state index contributed by atoms with van der Waals surface area (Å²) >= 11 is 0. The van der Waals surface area contributed by atoms with E-state index in [4.69, 9.17) is 4.74 Å². The van der Waals surface area contributed by atoms with Gasteiger partial charge in [0.1, 0.15) is 12.4 Å². The van der Waals surface area contributed by atoms with Gasteiger partial charge in [-0.25, -0.2) is 12.7 Å². The largest absolute Gasteiger partial charge is 0.489 e. The second-order valence-electron chi connectivity index (χ2n) is 6.89. The standard InChI is InChI=1S/C21H26N2O4S/c1-2-28(25,26)23-14-6-9-18(15-23)21(24)22-19-10-12-20(13-11-19)27-16-17-7-4-3-5-8-17/h3-5,7-8,10-13,18H,2,6,9,14-16H2,1H3,(H,22,24). The van der Waals surface area contributed by atoms with E-state index < -0.39 is 10.0 Å². The van der Waals surface area contributed by atoms with Crippen molar-refractivity contribution in [2.75, 3.05) is 24.2 Å². The van der Waals surface area contributed by atoms with Gasteiger partial charge in [0.2, 0.25) is 15.9 Å². The van der Waals surface area contributed by atoms with Crippen LogP contribution in [0.25, 0.3) is 0 Å². The predicted octanol–water partition coefficient (Wildman–Crippen LogP) is 3.27. The molecule has 1 unspecified atom stereocenters. The molecule has 28 heavy (non-hydrogen) atoms. The fourth-order valence-corrected chi connectivity index (χ4v) is 4.39. The molecule has 1 aliphatic heterocycles. The molecule has 0 aliphatic carbocycles. The quantitative estimate of drug-likeness (QED) is 0.771. The molecule has 1 amide bonds. The molecule has 0 bridgehead atoms. The molecule has 1 N–H and O–H groups in total. The van der Waals surface area contributed by atoms with E-state index in [-0.39, 0.29) is 24.1 Å². The van der Waals surface area contributed by atoms with E-state index in [0.717, 1.165) is 11.3 Å². The van der Waals surface area contributed by atoms with Gasteiger partial charge in [-0.15, -0.1) is 0 Å². The van der Waals surface area contributed by atoms with Crippen LogP contribution in [0.5, 0.6) is 5.75 Å². The second kappa shape index (κ2) is 9.21. The van der Waals surface area contributed by atoms with Crippen LogP contribution in [0.3, 0.4) is 0 Å². The van der Waals surface area contributed by atoms with Crippen molar-refractivity contribution >= 4 is 21.6 Å². The molecule has 1 heterocycles. The Balaban J connectivity index is 1.54. The highest BCUT2D eigenvalue weighted by atomic mass is 32.2. The Hall–Kier alpha value is -2.38. The Morgan fingerprint density at radius 2 is 1.86 bits per heavy atom. The van der Waals surface area contributed by atoms with Crippen LogP contribution < -0.4 is 10.1 Å². The highest BCUT2D eigenvalue weighted by Gasteiger charge is 2.31. The third-order valence-electron chi connectivity index (χ3n) is 4.88. The maximum absolute atomic E-state index is 12.6. The lowest BCUT2D eigenvalue weighted by Gasteiger charge is -2.30. The average Bonchev–Trinajstić information content (AvgIpc) is 2.74. The van der Waals surface area contributed by atoms with Crippen molar-refractivity contribution in [3.63, 3.8) is 0 Å². The predicted molar refractivity (Wildman–Crippen MR) is 110 cm³/mol. The molecule has 0 radical (unpaired) electrons. The summed E-state index contributed by atoms with van der Waals surface area (Å²) < 4.78 is 31.3. The lowest BCUT2D eigenvalue weighted by molar-refractivity contribution is -0.120. The van der Waals surface area contributed by atoms with Gasteiger partial charge in [0.15, 0.2) is 0 Å². The summed E-state index contributed by atoms with van der Waals surface area (Å²) in [6.45, 7) is 2.85. The van der Waals surface area contributed by atoms with Crippen LogP contribution in [0.2, 0.25) is 0 Å². The van der Waals surface area contributed by atoms with E-state index in [2.05, 4.69) is 5.32 Å². The van der Waals surface area contributed by atoms with Crippen LogP contribution in [-0.4, -0.2) is 37.5 Å². The number of sulfonamides is 1. The van der Waals surface area contributed by atoms with Crippen molar-refractivity contribution in [2.24, 2.45) is 5.92 Å². The van der Waals surface area contributed by atoms with E-state index in [1.807, 2.05) is 42.5 Å². The van der Waals surface area contributed by atoms with Gasteiger partial charge < -0.3 is 10.1 Å². The van der Waals surface area contributed by atoms with Crippen LogP contribution in [0.4, 0.5) is 5.69 Å². The first-order valence-electron chi connectivity index (χ1n) is 9.53. The molecule has 0 aromatic heterocycles. The molecule has 1 atom stereocenters. The molecule has 2 aromatic carbocycles. The smallest absolute Gasteiger partial charge is 0.228 e. The van der Waals surface area contributed by atoms with Crippen molar-refractivity contribution in [3.8, 4) is 5.75 Å². The maximum Gasteiger partial charge on any atom is 0.228 e. The number of piperidine rings is 1. The van der Waals surface area contributed by atoms with Crippen molar-refractivity contribution in [2.45, 2.75) is 26.4 Å². The van der Waals surface area contributed by atoms with E-state index in [9.17, 15) is 13.2 Å². The number of amides is 1. The van der Waals surface area contributed by atoms with Gasteiger partial charge in [-0.2, -0.15) is 0 Å². The number of hydrogen-bond acceptors (Lipinski definition) is 4. The molecule has 1 saturated heterocycles. The first kappa shape index (κ1) is 20.4. The average molecular weight is 403 g/mol. The normalized spacial score (nSPS) is 17.8. The summed E-state index contributed by atoms with van der Waals surface area (Å²) in [7, 11) is -3.26. The highest BCUT2D eigenvalue weighted by Crippen LogP contribution is 2.22. The molecule has 1 aliphatic rings. The summed E-state index contributed by atoms with van der Waals surface area (Å²) in [5.74, 6) is 0.309. The molecular formula is C21H26N2O4S. The van der Waals surface area contributed by atoms with Crippen molar-refractivity contribution in [1.82, 2.24) is 4.31 Å². The summed E-state index contributed by atoms with van der Waals surface area (Å²) in [5, 5.41) is 2.89. The van der Waals surface area contributed by atoms with Crippen molar-refractivity contribution < 1.29 is 17.9 Å². The number of ether oxygens (including phenoxy) is 1. The SMILES string of the molecule is CCS(=O)(=O)N1CCCC(C(=O)Nc2ccc(OCc3ccccc3)cc2)C1. The van der Waals surface area contributed by atoms with Crippen LogP contribution in [-0.2, 0) is 21.4 Å². The zero-order valence-corrected chi connectivity index (χ0v) is 16.8. The number of anilines is 1. The maximum atomic E-state index is 12.6. The minimum atomic E-state index is -3.26. The third-order valence-corrected chi connectivity index (χ3v) is 6.73. The summed E-state index contributed by atoms with van der Waals surface area (Å²) in [6, 6.07) is 17.1. The molecule has 3 rings (SSSR count). The van der Waals surface area contributed by atoms with Crippen molar-refractivity contribution in [1.29, 1.82) is 0 Å². The zero-order chi connectivity index (χ0) is 20.0. The number of carbonyl (C=O) groups is 1. The minimum Gasteiger partial charge on any atom is -0.489 e. The Morgan fingerprint density at radius 3 is 2.54 bits per heavy atom. The van der Waals surface area contributed by atoms with E-state index in [1.165, 1.54) is 4.31 Å². The summed E-state index contributed by atoms with van der Waals surface area (Å²) in [5.41, 5.74) is 1.76. The van der Waals surface area contributed by atoms with Crippen molar-refractivity contribution in [3.05, 3.63) is 60.2 Å². The minimum absolute atomic E-state index is 0.0613. The Labute approximate surface area is 166 Å². The lowest BCUT2D eigenvalue weighted by Crippen LogP contribution is -2.44. The summed E-state index contributed by atoms with van der Waals surface area (Å²) in [4.78, 5) is 12.6. The topological polar surface area (TPSA) is 75.7 Å². The Bertz CT molecular complexity index is 882. The number of benzene rings is 2. The monoisotopic (exact) mass is 402 g/mol. The molecule has 0 spiro atoms. The van der Waals surface area contributed by atoms with Gasteiger partial charge in [-0.05, 0) is 49.6 Å². The molecule has 7 heteroatoms. The van der Waals surface area contributed by atoms with E-state index in [0.29, 0.717) is 31.7 Å². The lowest BCUT2D eigenvalue weighted by atomic mass is 9.99. The first-order chi connectivity index (χ1) is 13.5. The van der Waals surface area contributed by atoms with Gasteiger partial charge in [0.25, 0.3) is 0 Å². The van der Waals surface area contributed by atoms with Gasteiger partial charge in [0.05, 0.1) is 11.7 Å². The zero-order valence-electron chi connectivity index (χ0n) is 16.0. The third kappa shape index (κ3) is 5.33. The Kier molecular flexibility index (Phi) is 6.70. The van der Waals surface area contributed by atoms with Gasteiger partial charge in [0, 0.05) is 18.8 Å². The van der Waals surface area contributed by atoms with Gasteiger partial charge in [-0.3, -0.25) is 4.79 Å². The number of hydrogen-bond donors (Lipinski definition) is 1. The molecule has 150 valence electrons. The molecule has 0 saturated carbocycles. The van der Waals surface area contributed by atoms with Crippen LogP contribution >= 0.6 is 0 Å². The van der Waals surface area contributed by atoms with E-state index >= 15 is 0 Å². The Morgan fingerprint density at radius 1 is 1.14 bits per heavy atom. The highest BCUT2D eigenvalue weighted by molar-refractivity contribution is 7.89. The van der Waals surface area contributed by atoms with Crippen LogP contribution in [0.1, 0.15) is 25.3 Å². The number of rotatable bonds is 7. The molecule has 6 nitrogen and oxygen atoms in total. The molecule has 1 fully saturated rings. The fourth-order valence-electron chi connectivity index (χ4n) is 3.21. The number of carbonyl (C=O) groups excluding carboxylic acids is 1. The first-order valence-corrected chi connectivity index (χ1v) is 11.1. The van der Waals surface area contributed by atoms with Gasteiger partial charge >= 0.3 is 0 Å². The van der Waals surface area contributed by atoms with Crippen LogP contribution in [0, 0.1) is 5.92 Å². The molecule has 2 aromatic rings. The fraction of sp³-hybridized carbons (Fsp3) is 0.381. The number of nitrogens with zero attached hydrogens (tertiary/aromatic N) is 1. The summed E-state index contributed by atoms with van der Waals surface area (Å²) in [6.07, 6.45) is 1.39. The number of nitrogens with one attached hydrogen (secondary N) is 1. The van der Waals surface area contributed by atoms with Crippen LogP contribution in [0.15, 0.2) is 54.6 Å². The second-order valence-corrected chi connectivity index (χ2v) is 9.14. The van der Waals surface area contributed by atoms with Gasteiger partial charge in [-0.1, -0.05) is 30.3 Å².